The van der Waals surface area contributed by atoms with Crippen LogP contribution in [0.2, 0.25) is 0 Å². The number of rotatable bonds is 5. The van der Waals surface area contributed by atoms with Crippen molar-refractivity contribution in [3.8, 4) is 0 Å². The van der Waals surface area contributed by atoms with E-state index in [4.69, 9.17) is 5.73 Å². The number of nitrogen functional groups attached to an aromatic ring is 1. The maximum absolute atomic E-state index is 9.56. The second kappa shape index (κ2) is 5.64. The van der Waals surface area contributed by atoms with Gasteiger partial charge >= 0.3 is 0 Å². The van der Waals surface area contributed by atoms with Crippen molar-refractivity contribution in [1.82, 2.24) is 4.98 Å². The van der Waals surface area contributed by atoms with E-state index in [-0.39, 0.29) is 13.2 Å². The minimum absolute atomic E-state index is 0.143. The largest absolute Gasteiger partial charge is 0.398 e. The van der Waals surface area contributed by atoms with Gasteiger partial charge in [-0.1, -0.05) is 6.92 Å². The maximum atomic E-state index is 9.56. The summed E-state index contributed by atoms with van der Waals surface area (Å²) in [7, 11) is 0. The third kappa shape index (κ3) is 2.55. The Morgan fingerprint density at radius 1 is 1.25 bits per heavy atom. The summed E-state index contributed by atoms with van der Waals surface area (Å²) in [5.41, 5.74) is 7.62. The summed E-state index contributed by atoms with van der Waals surface area (Å²) in [6, 6.07) is 5.62. The fourth-order valence-electron chi connectivity index (χ4n) is 2.20. The minimum Gasteiger partial charge on any atom is -0.398 e. The van der Waals surface area contributed by atoms with Crippen LogP contribution in [0.4, 0.5) is 11.4 Å². The van der Waals surface area contributed by atoms with Crippen LogP contribution in [0.25, 0.3) is 10.8 Å². The molecule has 0 aliphatic rings. The van der Waals surface area contributed by atoms with Gasteiger partial charge in [-0.25, -0.2) is 0 Å². The van der Waals surface area contributed by atoms with Crippen LogP contribution in [0.1, 0.15) is 19.0 Å². The number of hydrogen-bond acceptors (Lipinski definition) is 5. The van der Waals surface area contributed by atoms with Crippen LogP contribution in [0, 0.1) is 6.92 Å². The van der Waals surface area contributed by atoms with Crippen LogP contribution >= 0.6 is 0 Å². The molecule has 5 N–H and O–H groups in total. The molecule has 108 valence electrons. The number of aryl methyl sites for hydroxylation is 1. The van der Waals surface area contributed by atoms with Crippen LogP contribution < -0.4 is 11.1 Å². The number of hydrogen-bond donors (Lipinski definition) is 4. The van der Waals surface area contributed by atoms with E-state index in [0.717, 1.165) is 22.2 Å². The molecule has 0 saturated carbocycles. The van der Waals surface area contributed by atoms with Crippen molar-refractivity contribution in [2.45, 2.75) is 25.8 Å². The van der Waals surface area contributed by atoms with E-state index < -0.39 is 5.54 Å². The average Bonchev–Trinajstić information content (AvgIpc) is 2.47. The van der Waals surface area contributed by atoms with Gasteiger partial charge in [0.15, 0.2) is 0 Å². The van der Waals surface area contributed by atoms with Gasteiger partial charge in [-0.3, -0.25) is 4.98 Å². The summed E-state index contributed by atoms with van der Waals surface area (Å²) in [4.78, 5) is 4.26. The van der Waals surface area contributed by atoms with Gasteiger partial charge in [0.1, 0.15) is 0 Å². The van der Waals surface area contributed by atoms with E-state index in [2.05, 4.69) is 10.3 Å². The van der Waals surface area contributed by atoms with Crippen molar-refractivity contribution >= 4 is 22.1 Å². The Balaban J connectivity index is 2.54. The standard InChI is InChI=1S/C15H21N3O2/c1-3-15(8-19,9-20)18-14-5-4-13(16)12-7-17-10(2)6-11(12)14/h4-7,18-20H,3,8-9,16H2,1-2H3. The molecule has 0 radical (unpaired) electrons. The highest BCUT2D eigenvalue weighted by atomic mass is 16.3. The van der Waals surface area contributed by atoms with E-state index in [1.54, 1.807) is 12.3 Å². The second-order valence-corrected chi connectivity index (χ2v) is 5.15. The Morgan fingerprint density at radius 2 is 1.95 bits per heavy atom. The zero-order valence-corrected chi connectivity index (χ0v) is 11.8. The van der Waals surface area contributed by atoms with Gasteiger partial charge in [-0.2, -0.15) is 0 Å². The molecule has 0 unspecified atom stereocenters. The summed E-state index contributed by atoms with van der Waals surface area (Å²) >= 11 is 0. The predicted molar refractivity (Wildman–Crippen MR) is 81.7 cm³/mol. The van der Waals surface area contributed by atoms with Crippen molar-refractivity contribution in [3.63, 3.8) is 0 Å². The Bertz CT molecular complexity index is 601. The van der Waals surface area contributed by atoms with Gasteiger partial charge in [0.05, 0.1) is 18.8 Å². The highest BCUT2D eigenvalue weighted by Crippen LogP contribution is 2.30. The number of fused-ring (bicyclic) bond motifs is 1. The molecule has 1 aromatic heterocycles. The lowest BCUT2D eigenvalue weighted by Crippen LogP contribution is -2.45. The molecule has 0 amide bonds. The monoisotopic (exact) mass is 275 g/mol. The molecule has 2 rings (SSSR count). The predicted octanol–water partition coefficient (Wildman–Crippen LogP) is 1.67. The van der Waals surface area contributed by atoms with Crippen molar-refractivity contribution in [2.75, 3.05) is 24.3 Å². The van der Waals surface area contributed by atoms with Gasteiger partial charge in [0, 0.05) is 34.0 Å². The molecule has 0 saturated heterocycles. The van der Waals surface area contributed by atoms with Gasteiger partial charge in [0.2, 0.25) is 0 Å². The van der Waals surface area contributed by atoms with E-state index in [9.17, 15) is 10.2 Å². The Labute approximate surface area is 118 Å². The first-order chi connectivity index (χ1) is 9.55. The number of nitrogens with two attached hydrogens (primary N) is 1. The molecule has 0 aliphatic carbocycles. The van der Waals surface area contributed by atoms with E-state index in [0.29, 0.717) is 12.1 Å². The van der Waals surface area contributed by atoms with Crippen LogP contribution in [0.5, 0.6) is 0 Å². The minimum atomic E-state index is -0.736. The third-order valence-corrected chi connectivity index (χ3v) is 3.75. The average molecular weight is 275 g/mol. The van der Waals surface area contributed by atoms with Crippen molar-refractivity contribution < 1.29 is 10.2 Å². The molecule has 0 spiro atoms. The number of pyridine rings is 1. The van der Waals surface area contributed by atoms with E-state index in [1.165, 1.54) is 0 Å². The summed E-state index contributed by atoms with van der Waals surface area (Å²) < 4.78 is 0. The third-order valence-electron chi connectivity index (χ3n) is 3.75. The molecular weight excluding hydrogens is 254 g/mol. The number of aliphatic hydroxyl groups excluding tert-OH is 2. The lowest BCUT2D eigenvalue weighted by Gasteiger charge is -2.31. The Kier molecular flexibility index (Phi) is 4.11. The molecule has 20 heavy (non-hydrogen) atoms. The summed E-state index contributed by atoms with van der Waals surface area (Å²) in [5.74, 6) is 0. The number of aliphatic hydroxyl groups is 2. The Morgan fingerprint density at radius 3 is 2.55 bits per heavy atom. The number of benzene rings is 1. The quantitative estimate of drug-likeness (QED) is 0.623. The summed E-state index contributed by atoms with van der Waals surface area (Å²) in [5, 5.41) is 24.2. The molecular formula is C15H21N3O2. The molecule has 5 heteroatoms. The van der Waals surface area contributed by atoms with Crippen LogP contribution in [0.15, 0.2) is 24.4 Å². The van der Waals surface area contributed by atoms with Crippen molar-refractivity contribution in [2.24, 2.45) is 0 Å². The first-order valence-electron chi connectivity index (χ1n) is 6.70. The maximum Gasteiger partial charge on any atom is 0.0832 e. The van der Waals surface area contributed by atoms with Crippen molar-refractivity contribution in [1.29, 1.82) is 0 Å². The first kappa shape index (κ1) is 14.6. The lowest BCUT2D eigenvalue weighted by molar-refractivity contribution is 0.132. The molecule has 0 fully saturated rings. The highest BCUT2D eigenvalue weighted by molar-refractivity contribution is 6.01. The Hall–Kier alpha value is -1.85. The van der Waals surface area contributed by atoms with Gasteiger partial charge < -0.3 is 21.3 Å². The number of nitrogens with one attached hydrogen (secondary N) is 1. The van der Waals surface area contributed by atoms with E-state index >= 15 is 0 Å². The zero-order chi connectivity index (χ0) is 14.8. The van der Waals surface area contributed by atoms with E-state index in [1.807, 2.05) is 26.0 Å². The number of anilines is 2. The van der Waals surface area contributed by atoms with Gasteiger partial charge in [0.25, 0.3) is 0 Å². The molecule has 1 aromatic carbocycles. The van der Waals surface area contributed by atoms with Crippen molar-refractivity contribution in [3.05, 3.63) is 30.1 Å². The molecule has 0 atom stereocenters. The number of aromatic nitrogens is 1. The molecule has 0 bridgehead atoms. The first-order valence-corrected chi connectivity index (χ1v) is 6.70. The van der Waals surface area contributed by atoms with Crippen LogP contribution in [-0.2, 0) is 0 Å². The van der Waals surface area contributed by atoms with Gasteiger partial charge in [-0.05, 0) is 31.5 Å². The SMILES string of the molecule is CCC(CO)(CO)Nc1ccc(N)c2cnc(C)cc12. The summed E-state index contributed by atoms with van der Waals surface area (Å²) in [6.07, 6.45) is 2.35. The normalized spacial score (nSPS) is 11.8. The molecule has 1 heterocycles. The molecule has 5 nitrogen and oxygen atoms in total. The molecule has 0 aliphatic heterocycles. The topological polar surface area (TPSA) is 91.4 Å². The fourth-order valence-corrected chi connectivity index (χ4v) is 2.20. The highest BCUT2D eigenvalue weighted by Gasteiger charge is 2.26. The van der Waals surface area contributed by atoms with Crippen LogP contribution in [-0.4, -0.2) is 33.9 Å². The van der Waals surface area contributed by atoms with Crippen LogP contribution in [0.3, 0.4) is 0 Å². The second-order valence-electron chi connectivity index (χ2n) is 5.15. The smallest absolute Gasteiger partial charge is 0.0832 e. The zero-order valence-electron chi connectivity index (χ0n) is 11.8. The fraction of sp³-hybridized carbons (Fsp3) is 0.400. The molecule has 2 aromatic rings. The van der Waals surface area contributed by atoms with Gasteiger partial charge in [-0.15, -0.1) is 0 Å². The lowest BCUT2D eigenvalue weighted by atomic mass is 9.97. The summed E-state index contributed by atoms with van der Waals surface area (Å²) in [6.45, 7) is 3.55. The number of nitrogens with zero attached hydrogens (tertiary/aromatic N) is 1.